The first-order chi connectivity index (χ1) is 11.4. The Balaban J connectivity index is 1.99. The van der Waals surface area contributed by atoms with Gasteiger partial charge in [-0.2, -0.15) is 0 Å². The molecule has 24 heavy (non-hydrogen) atoms. The van der Waals surface area contributed by atoms with E-state index in [1.165, 1.54) is 0 Å². The maximum Gasteiger partial charge on any atom is 0.254 e. The van der Waals surface area contributed by atoms with Crippen LogP contribution in [-0.2, 0) is 0 Å². The summed E-state index contributed by atoms with van der Waals surface area (Å²) in [5.41, 5.74) is 1.37. The van der Waals surface area contributed by atoms with Crippen LogP contribution < -0.4 is 0 Å². The van der Waals surface area contributed by atoms with E-state index in [0.717, 1.165) is 12.0 Å². The summed E-state index contributed by atoms with van der Waals surface area (Å²) in [5, 5.41) is 10.3. The van der Waals surface area contributed by atoms with Crippen molar-refractivity contribution < 1.29 is 9.90 Å². The van der Waals surface area contributed by atoms with Crippen molar-refractivity contribution >= 4 is 5.91 Å². The fraction of sp³-hybridized carbons (Fsp3) is 0.381. The van der Waals surface area contributed by atoms with Crippen LogP contribution in [0.3, 0.4) is 0 Å². The molecule has 0 heterocycles. The fourth-order valence-electron chi connectivity index (χ4n) is 2.76. The van der Waals surface area contributed by atoms with E-state index in [0.29, 0.717) is 18.5 Å². The van der Waals surface area contributed by atoms with Crippen molar-refractivity contribution in [1.29, 1.82) is 0 Å². The van der Waals surface area contributed by atoms with Gasteiger partial charge in [-0.1, -0.05) is 48.5 Å². The number of nitrogens with zero attached hydrogens (tertiary/aromatic N) is 1. The zero-order valence-electron chi connectivity index (χ0n) is 14.8. The van der Waals surface area contributed by atoms with E-state index in [1.54, 1.807) is 0 Å². The molecule has 0 bridgehead atoms. The number of rotatable bonds is 6. The molecule has 0 aliphatic carbocycles. The number of hydrogen-bond acceptors (Lipinski definition) is 2. The highest BCUT2D eigenvalue weighted by Gasteiger charge is 2.27. The van der Waals surface area contributed by atoms with E-state index in [1.807, 2.05) is 86.3 Å². The van der Waals surface area contributed by atoms with Gasteiger partial charge in [0.25, 0.3) is 5.91 Å². The number of hydrogen-bond donors (Lipinski definition) is 1. The van der Waals surface area contributed by atoms with Crippen LogP contribution in [0.5, 0.6) is 0 Å². The Morgan fingerprint density at radius 1 is 1.00 bits per heavy atom. The summed E-state index contributed by atoms with van der Waals surface area (Å²) < 4.78 is 0. The second kappa shape index (κ2) is 8.11. The molecule has 0 fully saturated rings. The largest absolute Gasteiger partial charge is 0.388 e. The van der Waals surface area contributed by atoms with E-state index in [2.05, 4.69) is 0 Å². The Morgan fingerprint density at radius 3 is 2.08 bits per heavy atom. The summed E-state index contributed by atoms with van der Waals surface area (Å²) in [6.45, 7) is 6.76. The summed E-state index contributed by atoms with van der Waals surface area (Å²) in [6.07, 6.45) is 0.907. The molecule has 0 saturated heterocycles. The Kier molecular flexibility index (Phi) is 6.16. The summed E-state index contributed by atoms with van der Waals surface area (Å²) in [4.78, 5) is 14.7. The van der Waals surface area contributed by atoms with Crippen LogP contribution in [0, 0.1) is 0 Å². The number of aliphatic hydroxyl groups excluding tert-OH is 1. The first-order valence-corrected chi connectivity index (χ1v) is 8.49. The van der Waals surface area contributed by atoms with Crippen LogP contribution in [0.25, 0.3) is 0 Å². The average molecular weight is 325 g/mol. The normalized spacial score (nSPS) is 12.7. The van der Waals surface area contributed by atoms with Gasteiger partial charge in [-0.05, 0) is 51.3 Å². The van der Waals surface area contributed by atoms with E-state index in [4.69, 9.17) is 0 Å². The van der Waals surface area contributed by atoms with Crippen molar-refractivity contribution in [2.24, 2.45) is 0 Å². The van der Waals surface area contributed by atoms with E-state index in [-0.39, 0.29) is 11.4 Å². The highest BCUT2D eigenvalue weighted by molar-refractivity contribution is 5.94. The summed E-state index contributed by atoms with van der Waals surface area (Å²) >= 11 is 0. The molecule has 0 spiro atoms. The number of amides is 1. The first-order valence-electron chi connectivity index (χ1n) is 8.49. The van der Waals surface area contributed by atoms with Gasteiger partial charge in [-0.25, -0.2) is 0 Å². The maximum absolute atomic E-state index is 12.8. The van der Waals surface area contributed by atoms with E-state index >= 15 is 0 Å². The number of aliphatic hydroxyl groups is 1. The molecule has 128 valence electrons. The molecular formula is C21H27NO2. The molecule has 0 aliphatic rings. The molecule has 3 heteroatoms. The fourth-order valence-corrected chi connectivity index (χ4v) is 2.76. The molecule has 1 amide bonds. The van der Waals surface area contributed by atoms with Crippen LogP contribution in [0.2, 0.25) is 0 Å². The second-order valence-electron chi connectivity index (χ2n) is 7.06. The van der Waals surface area contributed by atoms with Crippen molar-refractivity contribution in [3.05, 3.63) is 71.8 Å². The Bertz CT molecular complexity index is 632. The lowest BCUT2D eigenvalue weighted by Gasteiger charge is -2.36. The van der Waals surface area contributed by atoms with Crippen molar-refractivity contribution in [3.8, 4) is 0 Å². The lowest BCUT2D eigenvalue weighted by Crippen LogP contribution is -2.46. The van der Waals surface area contributed by atoms with Crippen LogP contribution in [0.4, 0.5) is 0 Å². The minimum absolute atomic E-state index is 0.0392. The molecule has 2 aromatic carbocycles. The number of carbonyl (C=O) groups is 1. The molecule has 0 aliphatic heterocycles. The predicted molar refractivity (Wildman–Crippen MR) is 97.9 cm³/mol. The van der Waals surface area contributed by atoms with E-state index < -0.39 is 6.10 Å². The van der Waals surface area contributed by atoms with Crippen LogP contribution in [0.1, 0.15) is 55.6 Å². The van der Waals surface area contributed by atoms with Gasteiger partial charge in [0, 0.05) is 17.6 Å². The standard InChI is InChI=1S/C21H27NO2/c1-21(2,3)22(20(24)18-13-8-5-9-14-18)16-10-15-19(23)17-11-6-4-7-12-17/h4-9,11-14,19,23H,10,15-16H2,1-3H3. The quantitative estimate of drug-likeness (QED) is 0.853. The molecule has 1 unspecified atom stereocenters. The van der Waals surface area contributed by atoms with Crippen molar-refractivity contribution in [2.45, 2.75) is 45.3 Å². The highest BCUT2D eigenvalue weighted by Crippen LogP contribution is 2.22. The Hall–Kier alpha value is -2.13. The molecule has 3 nitrogen and oxygen atoms in total. The summed E-state index contributed by atoms with van der Waals surface area (Å²) in [6, 6.07) is 19.0. The smallest absolute Gasteiger partial charge is 0.254 e. The third kappa shape index (κ3) is 4.93. The number of benzene rings is 2. The minimum atomic E-state index is -0.486. The van der Waals surface area contributed by atoms with Gasteiger partial charge in [0.2, 0.25) is 0 Å². The van der Waals surface area contributed by atoms with Crippen molar-refractivity contribution in [2.75, 3.05) is 6.54 Å². The molecule has 0 radical (unpaired) electrons. The first kappa shape index (κ1) is 18.2. The highest BCUT2D eigenvalue weighted by atomic mass is 16.3. The van der Waals surface area contributed by atoms with Gasteiger partial charge >= 0.3 is 0 Å². The van der Waals surface area contributed by atoms with Gasteiger partial charge in [-0.3, -0.25) is 4.79 Å². The molecule has 1 N–H and O–H groups in total. The zero-order valence-corrected chi connectivity index (χ0v) is 14.8. The molecule has 2 rings (SSSR count). The predicted octanol–water partition coefficient (Wildman–Crippen LogP) is 4.44. The maximum atomic E-state index is 12.8. The van der Waals surface area contributed by atoms with Gasteiger partial charge in [0.1, 0.15) is 0 Å². The minimum Gasteiger partial charge on any atom is -0.388 e. The summed E-state index contributed by atoms with van der Waals surface area (Å²) in [7, 11) is 0. The third-order valence-corrected chi connectivity index (χ3v) is 4.12. The zero-order chi connectivity index (χ0) is 17.6. The van der Waals surface area contributed by atoms with Gasteiger partial charge in [0.15, 0.2) is 0 Å². The lowest BCUT2D eigenvalue weighted by atomic mass is 10.0. The van der Waals surface area contributed by atoms with Crippen LogP contribution in [0.15, 0.2) is 60.7 Å². The molecular weight excluding hydrogens is 298 g/mol. The molecule has 0 aromatic heterocycles. The van der Waals surface area contributed by atoms with Crippen LogP contribution in [-0.4, -0.2) is 28.0 Å². The number of carbonyl (C=O) groups excluding carboxylic acids is 1. The Morgan fingerprint density at radius 2 is 1.54 bits per heavy atom. The van der Waals surface area contributed by atoms with Gasteiger partial charge in [0.05, 0.1) is 6.10 Å². The monoisotopic (exact) mass is 325 g/mol. The summed E-state index contributed by atoms with van der Waals surface area (Å²) in [5.74, 6) is 0.0392. The van der Waals surface area contributed by atoms with Crippen LogP contribution >= 0.6 is 0 Å². The van der Waals surface area contributed by atoms with E-state index in [9.17, 15) is 9.90 Å². The van der Waals surface area contributed by atoms with Crippen molar-refractivity contribution in [3.63, 3.8) is 0 Å². The Labute approximate surface area is 144 Å². The second-order valence-corrected chi connectivity index (χ2v) is 7.06. The van der Waals surface area contributed by atoms with Gasteiger partial charge in [-0.15, -0.1) is 0 Å². The van der Waals surface area contributed by atoms with Gasteiger partial charge < -0.3 is 10.0 Å². The molecule has 1 atom stereocenters. The topological polar surface area (TPSA) is 40.5 Å². The van der Waals surface area contributed by atoms with Crippen molar-refractivity contribution in [1.82, 2.24) is 4.90 Å². The molecule has 0 saturated carbocycles. The average Bonchev–Trinajstić information content (AvgIpc) is 2.58. The lowest BCUT2D eigenvalue weighted by molar-refractivity contribution is 0.0560. The molecule has 2 aromatic rings. The third-order valence-electron chi connectivity index (χ3n) is 4.12. The SMILES string of the molecule is CC(C)(C)N(CCCC(O)c1ccccc1)C(=O)c1ccccc1.